The zero-order chi connectivity index (χ0) is 19.0. The minimum Gasteiger partial charge on any atom is -0.507 e. The first-order valence-electron chi connectivity index (χ1n) is 9.48. The average Bonchev–Trinajstić information content (AvgIpc) is 2.97. The molecule has 1 aromatic carbocycles. The quantitative estimate of drug-likeness (QED) is 0.831. The fraction of sp³-hybridized carbons (Fsp3) is 0.364. The van der Waals surface area contributed by atoms with Crippen LogP contribution in [0.3, 0.4) is 0 Å². The van der Waals surface area contributed by atoms with Gasteiger partial charge in [0.2, 0.25) is 5.78 Å². The number of rotatable bonds is 3. The molecular weight excluding hydrogens is 340 g/mol. The summed E-state index contributed by atoms with van der Waals surface area (Å²) in [5.41, 5.74) is 2.86. The highest BCUT2D eigenvalue weighted by Gasteiger charge is 2.34. The minimum absolute atomic E-state index is 0.132. The number of allylic oxidation sites excluding steroid dienone is 1. The number of piperidine rings is 1. The summed E-state index contributed by atoms with van der Waals surface area (Å²) in [6, 6.07) is 5.79. The molecule has 1 atom stereocenters. The molecule has 27 heavy (non-hydrogen) atoms. The molecule has 0 aliphatic carbocycles. The van der Waals surface area contributed by atoms with E-state index in [1.165, 1.54) is 6.42 Å². The molecule has 1 aromatic heterocycles. The molecule has 2 aromatic rings. The fourth-order valence-electron chi connectivity index (χ4n) is 3.94. The number of likely N-dealkylation sites (tertiary alicyclic amines) is 1. The predicted molar refractivity (Wildman–Crippen MR) is 104 cm³/mol. The van der Waals surface area contributed by atoms with Crippen molar-refractivity contribution in [3.63, 3.8) is 0 Å². The van der Waals surface area contributed by atoms with E-state index >= 15 is 0 Å². The lowest BCUT2D eigenvalue weighted by Gasteiger charge is -2.33. The van der Waals surface area contributed by atoms with Crippen molar-refractivity contribution < 1.29 is 14.6 Å². The number of aromatic hydroxyl groups is 1. The third-order valence-electron chi connectivity index (χ3n) is 5.53. The molecule has 5 heteroatoms. The van der Waals surface area contributed by atoms with Gasteiger partial charge in [0, 0.05) is 25.0 Å². The summed E-state index contributed by atoms with van der Waals surface area (Å²) in [6.07, 6.45) is 8.64. The van der Waals surface area contributed by atoms with Crippen LogP contribution in [0.25, 0.3) is 6.08 Å². The molecule has 1 saturated heterocycles. The highest BCUT2D eigenvalue weighted by molar-refractivity contribution is 6.15. The molecule has 0 bridgehead atoms. The SMILES string of the molecule is Cc1cc(O)c(CN2CCCC[C@@H]2C)c2c1C(=O)C(=Cc1ccncc1)O2. The van der Waals surface area contributed by atoms with Crippen LogP contribution in [0.4, 0.5) is 0 Å². The summed E-state index contributed by atoms with van der Waals surface area (Å²) in [6.45, 7) is 5.64. The predicted octanol–water partition coefficient (Wildman–Crippen LogP) is 4.09. The first kappa shape index (κ1) is 17.7. The Morgan fingerprint density at radius 2 is 2.11 bits per heavy atom. The molecule has 3 heterocycles. The molecule has 0 spiro atoms. The third kappa shape index (κ3) is 3.35. The Balaban J connectivity index is 1.71. The molecule has 0 unspecified atom stereocenters. The van der Waals surface area contributed by atoms with E-state index in [9.17, 15) is 9.90 Å². The van der Waals surface area contributed by atoms with E-state index in [0.717, 1.165) is 30.5 Å². The Labute approximate surface area is 159 Å². The van der Waals surface area contributed by atoms with E-state index in [1.54, 1.807) is 24.5 Å². The fourth-order valence-corrected chi connectivity index (χ4v) is 3.94. The zero-order valence-corrected chi connectivity index (χ0v) is 15.7. The van der Waals surface area contributed by atoms with Gasteiger partial charge < -0.3 is 9.84 Å². The lowest BCUT2D eigenvalue weighted by Crippen LogP contribution is -2.36. The molecule has 0 amide bonds. The Kier molecular flexibility index (Phi) is 4.70. The van der Waals surface area contributed by atoms with Gasteiger partial charge in [-0.3, -0.25) is 14.7 Å². The maximum absolute atomic E-state index is 12.9. The number of carbonyl (C=O) groups excluding carboxylic acids is 1. The average molecular weight is 364 g/mol. The largest absolute Gasteiger partial charge is 0.507 e. The molecule has 1 fully saturated rings. The van der Waals surface area contributed by atoms with Crippen LogP contribution >= 0.6 is 0 Å². The molecule has 5 nitrogen and oxygen atoms in total. The van der Waals surface area contributed by atoms with Gasteiger partial charge in [-0.2, -0.15) is 0 Å². The van der Waals surface area contributed by atoms with Crippen LogP contribution in [0.5, 0.6) is 11.5 Å². The van der Waals surface area contributed by atoms with Gasteiger partial charge in [0.1, 0.15) is 11.5 Å². The van der Waals surface area contributed by atoms with Gasteiger partial charge in [-0.25, -0.2) is 0 Å². The van der Waals surface area contributed by atoms with Gasteiger partial charge >= 0.3 is 0 Å². The third-order valence-corrected chi connectivity index (χ3v) is 5.53. The number of Topliss-reactive ketones (excluding diaryl/α,β-unsaturated/α-hetero) is 1. The van der Waals surface area contributed by atoms with E-state index in [4.69, 9.17) is 4.74 Å². The van der Waals surface area contributed by atoms with Gasteiger partial charge in [-0.15, -0.1) is 0 Å². The van der Waals surface area contributed by atoms with Gasteiger partial charge in [0.15, 0.2) is 5.76 Å². The number of pyridine rings is 1. The lowest BCUT2D eigenvalue weighted by atomic mass is 9.97. The topological polar surface area (TPSA) is 62.7 Å². The molecule has 0 saturated carbocycles. The summed E-state index contributed by atoms with van der Waals surface area (Å²) >= 11 is 0. The maximum Gasteiger partial charge on any atom is 0.232 e. The molecule has 2 aliphatic heterocycles. The number of phenols is 1. The monoisotopic (exact) mass is 364 g/mol. The Hall–Kier alpha value is -2.66. The van der Waals surface area contributed by atoms with Crippen LogP contribution in [0.15, 0.2) is 36.4 Å². The standard InChI is InChI=1S/C22H24N2O3/c1-14-11-18(25)17(13-24-10-4-3-5-15(24)2)22-20(14)21(26)19(27-22)12-16-6-8-23-9-7-16/h6-9,11-12,15,25H,3-5,10,13H2,1-2H3/t15-/m0/s1. The number of nitrogens with zero attached hydrogens (tertiary/aromatic N) is 2. The van der Waals surface area contributed by atoms with Crippen molar-refractivity contribution in [2.45, 2.75) is 45.7 Å². The van der Waals surface area contributed by atoms with E-state index in [-0.39, 0.29) is 17.3 Å². The maximum atomic E-state index is 12.9. The summed E-state index contributed by atoms with van der Waals surface area (Å²) in [4.78, 5) is 19.3. The first-order valence-corrected chi connectivity index (χ1v) is 9.48. The van der Waals surface area contributed by atoms with E-state index < -0.39 is 0 Å². The number of aromatic nitrogens is 1. The second kappa shape index (κ2) is 7.16. The zero-order valence-electron chi connectivity index (χ0n) is 15.7. The molecule has 140 valence electrons. The Bertz CT molecular complexity index is 906. The van der Waals surface area contributed by atoms with Crippen molar-refractivity contribution in [1.82, 2.24) is 9.88 Å². The van der Waals surface area contributed by atoms with Gasteiger partial charge in [-0.1, -0.05) is 6.42 Å². The smallest absolute Gasteiger partial charge is 0.232 e. The van der Waals surface area contributed by atoms with E-state index in [1.807, 2.05) is 19.1 Å². The van der Waals surface area contributed by atoms with Crippen molar-refractivity contribution in [2.75, 3.05) is 6.54 Å². The van der Waals surface area contributed by atoms with Crippen molar-refractivity contribution >= 4 is 11.9 Å². The minimum atomic E-state index is -0.132. The van der Waals surface area contributed by atoms with Crippen LogP contribution in [-0.2, 0) is 6.54 Å². The van der Waals surface area contributed by atoms with Crippen molar-refractivity contribution in [2.24, 2.45) is 0 Å². The van der Waals surface area contributed by atoms with Gasteiger partial charge in [0.05, 0.1) is 11.1 Å². The van der Waals surface area contributed by atoms with Crippen molar-refractivity contribution in [3.05, 3.63) is 58.6 Å². The molecule has 1 N–H and O–H groups in total. The van der Waals surface area contributed by atoms with E-state index in [0.29, 0.717) is 29.5 Å². The highest BCUT2D eigenvalue weighted by Crippen LogP contribution is 2.42. The molecule has 0 radical (unpaired) electrons. The van der Waals surface area contributed by atoms with Crippen LogP contribution < -0.4 is 4.74 Å². The van der Waals surface area contributed by atoms with Crippen LogP contribution in [0, 0.1) is 6.92 Å². The first-order chi connectivity index (χ1) is 13.0. The van der Waals surface area contributed by atoms with Crippen LogP contribution in [0.2, 0.25) is 0 Å². The number of ether oxygens (including phenoxy) is 1. The van der Waals surface area contributed by atoms with Gasteiger partial charge in [0.25, 0.3) is 0 Å². The summed E-state index contributed by atoms with van der Waals surface area (Å²) in [7, 11) is 0. The van der Waals surface area contributed by atoms with Crippen LogP contribution in [-0.4, -0.2) is 33.4 Å². The molecule has 4 rings (SSSR count). The number of aryl methyl sites for hydroxylation is 1. The normalized spacial score (nSPS) is 21.3. The number of phenolic OH excluding ortho intramolecular Hbond substituents is 1. The number of ketones is 1. The number of hydrogen-bond acceptors (Lipinski definition) is 5. The number of fused-ring (bicyclic) bond motifs is 1. The Morgan fingerprint density at radius 3 is 2.85 bits per heavy atom. The van der Waals surface area contributed by atoms with Crippen molar-refractivity contribution in [1.29, 1.82) is 0 Å². The van der Waals surface area contributed by atoms with Crippen LogP contribution in [0.1, 0.15) is 53.2 Å². The molecule has 2 aliphatic rings. The molecular formula is C22H24N2O3. The highest BCUT2D eigenvalue weighted by atomic mass is 16.5. The second-order valence-corrected chi connectivity index (χ2v) is 7.43. The lowest BCUT2D eigenvalue weighted by molar-refractivity contribution is 0.101. The summed E-state index contributed by atoms with van der Waals surface area (Å²) < 4.78 is 6.00. The second-order valence-electron chi connectivity index (χ2n) is 7.43. The van der Waals surface area contributed by atoms with Crippen molar-refractivity contribution in [3.8, 4) is 11.5 Å². The number of benzene rings is 1. The summed E-state index contributed by atoms with van der Waals surface area (Å²) in [5.74, 6) is 0.864. The number of carbonyl (C=O) groups is 1. The van der Waals surface area contributed by atoms with Gasteiger partial charge in [-0.05, 0) is 68.6 Å². The van der Waals surface area contributed by atoms with E-state index in [2.05, 4.69) is 16.8 Å². The summed E-state index contributed by atoms with van der Waals surface area (Å²) in [5, 5.41) is 10.6. The number of hydrogen-bond donors (Lipinski definition) is 1. The Morgan fingerprint density at radius 1 is 1.33 bits per heavy atom.